The van der Waals surface area contributed by atoms with Gasteiger partial charge in [0.25, 0.3) is 5.91 Å². The maximum Gasteiger partial charge on any atom is 0.260 e. The van der Waals surface area contributed by atoms with Gasteiger partial charge >= 0.3 is 0 Å². The third-order valence-corrected chi connectivity index (χ3v) is 5.16. The summed E-state index contributed by atoms with van der Waals surface area (Å²) in [7, 11) is 0. The molecule has 0 saturated carbocycles. The number of likely N-dealkylation sites (tertiary alicyclic amines) is 1. The molecule has 0 N–H and O–H groups in total. The molecule has 0 aliphatic carbocycles. The van der Waals surface area contributed by atoms with Crippen LogP contribution in [-0.4, -0.2) is 48.5 Å². The fourth-order valence-electron chi connectivity index (χ4n) is 3.76. The molecular formula is C22H23NO5. The van der Waals surface area contributed by atoms with Gasteiger partial charge in [0.15, 0.2) is 12.4 Å². The number of benzene rings is 2. The topological polar surface area (TPSA) is 65.1 Å². The minimum absolute atomic E-state index is 0.0470. The summed E-state index contributed by atoms with van der Waals surface area (Å²) in [5.74, 6) is 1.95. The van der Waals surface area contributed by atoms with Crippen LogP contribution in [0.3, 0.4) is 0 Å². The van der Waals surface area contributed by atoms with Crippen molar-refractivity contribution in [3.63, 3.8) is 0 Å². The Morgan fingerprint density at radius 2 is 1.82 bits per heavy atom. The van der Waals surface area contributed by atoms with Gasteiger partial charge in [0.2, 0.25) is 0 Å². The van der Waals surface area contributed by atoms with Crippen LogP contribution in [0.15, 0.2) is 48.5 Å². The fraction of sp³-hybridized carbons (Fsp3) is 0.364. The Bertz CT molecular complexity index is 879. The highest BCUT2D eigenvalue weighted by Crippen LogP contribution is 2.38. The molecule has 0 bridgehead atoms. The van der Waals surface area contributed by atoms with Gasteiger partial charge in [-0.3, -0.25) is 9.59 Å². The van der Waals surface area contributed by atoms with Crippen molar-refractivity contribution in [3.8, 4) is 17.2 Å². The first-order valence-electron chi connectivity index (χ1n) is 9.53. The van der Waals surface area contributed by atoms with Gasteiger partial charge in [0.1, 0.15) is 22.8 Å². The van der Waals surface area contributed by atoms with E-state index in [0.717, 1.165) is 5.75 Å². The van der Waals surface area contributed by atoms with E-state index < -0.39 is 5.60 Å². The first-order chi connectivity index (χ1) is 13.6. The molecule has 2 aliphatic heterocycles. The zero-order chi connectivity index (χ0) is 19.6. The Labute approximate surface area is 164 Å². The molecule has 4 rings (SSSR count). The second kappa shape index (κ2) is 7.54. The summed E-state index contributed by atoms with van der Waals surface area (Å²) in [5.41, 5.74) is -0.00279. The van der Waals surface area contributed by atoms with Gasteiger partial charge in [0.05, 0.1) is 25.1 Å². The lowest BCUT2D eigenvalue weighted by Crippen LogP contribution is -2.45. The Morgan fingerprint density at radius 3 is 2.57 bits per heavy atom. The summed E-state index contributed by atoms with van der Waals surface area (Å²) in [4.78, 5) is 26.8. The predicted molar refractivity (Wildman–Crippen MR) is 103 cm³/mol. The van der Waals surface area contributed by atoms with Gasteiger partial charge in [-0.15, -0.1) is 0 Å². The van der Waals surface area contributed by atoms with Gasteiger partial charge in [0, 0.05) is 13.0 Å². The van der Waals surface area contributed by atoms with Crippen LogP contribution in [0, 0.1) is 0 Å². The molecule has 1 spiro atoms. The van der Waals surface area contributed by atoms with Crippen LogP contribution in [0.25, 0.3) is 0 Å². The van der Waals surface area contributed by atoms with E-state index in [9.17, 15) is 9.59 Å². The van der Waals surface area contributed by atoms with Crippen LogP contribution in [0.2, 0.25) is 0 Å². The normalized spacial score (nSPS) is 20.6. The summed E-state index contributed by atoms with van der Waals surface area (Å²) in [5, 5.41) is 0. The van der Waals surface area contributed by atoms with E-state index in [2.05, 4.69) is 0 Å². The Balaban J connectivity index is 1.35. The Morgan fingerprint density at radius 1 is 1.11 bits per heavy atom. The SMILES string of the molecule is CCOc1ccc(OCC(=O)N2CCC3(CC(=O)c4ccccc4O3)C2)cc1. The summed E-state index contributed by atoms with van der Waals surface area (Å²) in [6.45, 7) is 3.44. The minimum Gasteiger partial charge on any atom is -0.494 e. The van der Waals surface area contributed by atoms with Crippen LogP contribution in [0.4, 0.5) is 0 Å². The molecule has 1 saturated heterocycles. The molecule has 2 heterocycles. The summed E-state index contributed by atoms with van der Waals surface area (Å²) in [6.07, 6.45) is 0.940. The zero-order valence-corrected chi connectivity index (χ0v) is 15.8. The molecule has 2 aromatic carbocycles. The molecule has 146 valence electrons. The quantitative estimate of drug-likeness (QED) is 0.796. The van der Waals surface area contributed by atoms with E-state index in [-0.39, 0.29) is 18.3 Å². The van der Waals surface area contributed by atoms with Crippen molar-refractivity contribution < 1.29 is 23.8 Å². The molecule has 28 heavy (non-hydrogen) atoms. The predicted octanol–water partition coefficient (Wildman–Crippen LogP) is 3.10. The molecule has 6 heteroatoms. The second-order valence-corrected chi connectivity index (χ2v) is 7.14. The van der Waals surface area contributed by atoms with Crippen molar-refractivity contribution in [2.24, 2.45) is 0 Å². The molecule has 6 nitrogen and oxygen atoms in total. The maximum atomic E-state index is 12.6. The van der Waals surface area contributed by atoms with Gasteiger partial charge in [-0.25, -0.2) is 0 Å². The highest BCUT2D eigenvalue weighted by atomic mass is 16.5. The highest BCUT2D eigenvalue weighted by Gasteiger charge is 2.46. The zero-order valence-electron chi connectivity index (χ0n) is 15.8. The molecule has 1 unspecified atom stereocenters. The van der Waals surface area contributed by atoms with Crippen LogP contribution >= 0.6 is 0 Å². The number of carbonyl (C=O) groups excluding carboxylic acids is 2. The first kappa shape index (κ1) is 18.3. The molecule has 2 aliphatic rings. The highest BCUT2D eigenvalue weighted by molar-refractivity contribution is 6.00. The lowest BCUT2D eigenvalue weighted by Gasteiger charge is -2.34. The number of para-hydroxylation sites is 1. The number of amides is 1. The van der Waals surface area contributed by atoms with E-state index in [1.54, 1.807) is 23.1 Å². The number of Topliss-reactive ketones (excluding diaryl/α,β-unsaturated/α-hetero) is 1. The van der Waals surface area contributed by atoms with Crippen molar-refractivity contribution in [2.45, 2.75) is 25.4 Å². The number of ether oxygens (including phenoxy) is 3. The van der Waals surface area contributed by atoms with Crippen molar-refractivity contribution in [3.05, 3.63) is 54.1 Å². The molecule has 0 aromatic heterocycles. The molecule has 1 amide bonds. The largest absolute Gasteiger partial charge is 0.494 e. The van der Waals surface area contributed by atoms with Crippen molar-refractivity contribution >= 4 is 11.7 Å². The third kappa shape index (κ3) is 3.67. The van der Waals surface area contributed by atoms with Crippen molar-refractivity contribution in [2.75, 3.05) is 26.3 Å². The van der Waals surface area contributed by atoms with Crippen LogP contribution in [-0.2, 0) is 4.79 Å². The Kier molecular flexibility index (Phi) is 4.94. The molecule has 1 fully saturated rings. The number of fused-ring (bicyclic) bond motifs is 1. The van der Waals surface area contributed by atoms with Crippen molar-refractivity contribution in [1.82, 2.24) is 4.90 Å². The standard InChI is InChI=1S/C22H23NO5/c1-2-26-16-7-9-17(10-8-16)27-14-21(25)23-12-11-22(15-23)13-19(24)18-5-3-4-6-20(18)28-22/h3-10H,2,11-15H2,1H3. The van der Waals surface area contributed by atoms with Gasteiger partial charge < -0.3 is 19.1 Å². The molecule has 1 atom stereocenters. The number of carbonyl (C=O) groups is 2. The van der Waals surface area contributed by atoms with Gasteiger partial charge in [-0.05, 0) is 43.3 Å². The smallest absolute Gasteiger partial charge is 0.260 e. The number of hydrogen-bond acceptors (Lipinski definition) is 5. The summed E-state index contributed by atoms with van der Waals surface area (Å²) >= 11 is 0. The number of rotatable bonds is 5. The second-order valence-electron chi connectivity index (χ2n) is 7.14. The Hall–Kier alpha value is -3.02. The monoisotopic (exact) mass is 381 g/mol. The van der Waals surface area contributed by atoms with E-state index >= 15 is 0 Å². The van der Waals surface area contributed by atoms with E-state index in [1.807, 2.05) is 37.3 Å². The van der Waals surface area contributed by atoms with Gasteiger partial charge in [-0.2, -0.15) is 0 Å². The fourth-order valence-corrected chi connectivity index (χ4v) is 3.76. The average Bonchev–Trinajstić information content (AvgIpc) is 3.10. The lowest BCUT2D eigenvalue weighted by atomic mass is 9.89. The van der Waals surface area contributed by atoms with Crippen LogP contribution in [0.1, 0.15) is 30.1 Å². The average molecular weight is 381 g/mol. The molecular weight excluding hydrogens is 358 g/mol. The van der Waals surface area contributed by atoms with Crippen LogP contribution in [0.5, 0.6) is 17.2 Å². The summed E-state index contributed by atoms with van der Waals surface area (Å²) < 4.78 is 17.2. The van der Waals surface area contributed by atoms with E-state index in [1.165, 1.54) is 0 Å². The minimum atomic E-state index is -0.625. The third-order valence-electron chi connectivity index (χ3n) is 5.16. The van der Waals surface area contributed by atoms with E-state index in [0.29, 0.717) is 49.6 Å². The number of hydrogen-bond donors (Lipinski definition) is 0. The summed E-state index contributed by atoms with van der Waals surface area (Å²) in [6, 6.07) is 14.5. The molecule has 0 radical (unpaired) electrons. The van der Waals surface area contributed by atoms with Crippen molar-refractivity contribution in [1.29, 1.82) is 0 Å². The van der Waals surface area contributed by atoms with Gasteiger partial charge in [-0.1, -0.05) is 12.1 Å². The van der Waals surface area contributed by atoms with Crippen LogP contribution < -0.4 is 14.2 Å². The lowest BCUT2D eigenvalue weighted by molar-refractivity contribution is -0.133. The van der Waals surface area contributed by atoms with E-state index in [4.69, 9.17) is 14.2 Å². The maximum absolute atomic E-state index is 12.6. The number of nitrogens with zero attached hydrogens (tertiary/aromatic N) is 1. The molecule has 2 aromatic rings. The first-order valence-corrected chi connectivity index (χ1v) is 9.53. The number of ketones is 1.